The van der Waals surface area contributed by atoms with Crippen molar-refractivity contribution in [2.24, 2.45) is 0 Å². The Hall–Kier alpha value is 1.21. The van der Waals surface area contributed by atoms with Crippen molar-refractivity contribution in [1.29, 1.82) is 0 Å². The minimum atomic E-state index is -2.12. The summed E-state index contributed by atoms with van der Waals surface area (Å²) in [6, 6.07) is 27.8. The summed E-state index contributed by atoms with van der Waals surface area (Å²) in [5.41, 5.74) is 17.5. The van der Waals surface area contributed by atoms with Crippen molar-refractivity contribution in [1.82, 2.24) is 0 Å². The normalized spacial score (nSPS) is 17.5. The number of anilines is 4. The van der Waals surface area contributed by atoms with E-state index in [2.05, 4.69) is 250 Å². The molecule has 0 aliphatic carbocycles. The van der Waals surface area contributed by atoms with E-state index in [0.29, 0.717) is 47.3 Å². The Labute approximate surface area is 533 Å². The molecule has 2 heterocycles. The van der Waals surface area contributed by atoms with Crippen LogP contribution in [-0.2, 0) is 8.23 Å². The van der Waals surface area contributed by atoms with Crippen LogP contribution in [0.15, 0.2) is 72.8 Å². The standard InChI is InChI=1S/2C28H46N2OSi2.2Al.2K/c2*1-19(2)23-15-13-16-24(20(3)4)27(23)29-32(9,10)31-33(11,12)30-28-25(21(5)6)17-14-18-26(28)22(7)8;;;;/h2*13-22H,1-12H3;;;;/q2*-2;4*+1. The van der Waals surface area contributed by atoms with Crippen LogP contribution in [0.4, 0.5) is 22.7 Å². The molecule has 0 spiro atoms. The van der Waals surface area contributed by atoms with Gasteiger partial charge in [0.25, 0.3) is 0 Å². The average Bonchev–Trinajstić information content (AvgIpc) is 3.21. The Kier molecular flexibility index (Phi) is 24.5. The van der Waals surface area contributed by atoms with Crippen LogP contribution in [0.3, 0.4) is 0 Å². The van der Waals surface area contributed by atoms with Crippen molar-refractivity contribution >= 4 is 88.0 Å². The van der Waals surface area contributed by atoms with Gasteiger partial charge in [-0.15, -0.1) is 0 Å². The minimum absolute atomic E-state index is 0. The van der Waals surface area contributed by atoms with Gasteiger partial charge in [-0.25, -0.2) is 0 Å². The molecule has 0 amide bonds. The van der Waals surface area contributed by atoms with Gasteiger partial charge < -0.3 is 22.4 Å². The molecule has 2 aliphatic heterocycles. The first-order valence-electron chi connectivity index (χ1n) is 26.2. The number of benzene rings is 4. The minimum Gasteiger partial charge on any atom is -0.629 e. The maximum atomic E-state index is 7.28. The molecular formula is C56H92Al2K2N4O2Si4. The second-order valence-electron chi connectivity index (χ2n) is 24.1. The smallest absolute Gasteiger partial charge is 0.629 e. The van der Waals surface area contributed by atoms with E-state index in [4.69, 9.17) is 8.23 Å². The second kappa shape index (κ2) is 26.2. The predicted octanol–water partition coefficient (Wildman–Crippen LogP) is 10.9. The second-order valence-corrected chi connectivity index (χ2v) is 43.8. The fraction of sp³-hybridized carbons (Fsp3) is 0.571. The van der Waals surface area contributed by atoms with Gasteiger partial charge in [-0.3, -0.25) is 0 Å². The molecule has 2 fully saturated rings. The molecule has 2 aliphatic rings. The van der Waals surface area contributed by atoms with Crippen LogP contribution in [0.1, 0.15) is 203 Å². The van der Waals surface area contributed by atoms with Crippen LogP contribution >= 0.6 is 0 Å². The van der Waals surface area contributed by atoms with Crippen molar-refractivity contribution in [2.75, 3.05) is 14.2 Å². The number of hydrogen-bond donors (Lipinski definition) is 0. The average molecular weight is 1100 g/mol. The molecule has 0 atom stereocenters. The zero-order valence-corrected chi connectivity index (χ0v) is 61.9. The summed E-state index contributed by atoms with van der Waals surface area (Å²) in [6.45, 7) is 56.7. The van der Waals surface area contributed by atoms with Gasteiger partial charge in [0, 0.05) is 31.3 Å². The SMILES string of the molecule is CC(C)c1cccc(C(C)C)c1[N]1[Al-][N](c2c(C(C)C)cccc2C(C)C)[Si](C)(C)O[Si]1(C)C.CC(C)c1cccc(C(C)C)c1[N]1[Al-][N](c2c(C(C)C)cccc2C(C)C)[Si](C)(C)O[Si]1(C)C.[K+].[K+]. The molecule has 4 aromatic carbocycles. The topological polar surface area (TPSA) is 31.4 Å². The molecule has 2 saturated heterocycles. The summed E-state index contributed by atoms with van der Waals surface area (Å²) >= 11 is -0.254. The van der Waals surface area contributed by atoms with Crippen LogP contribution < -0.4 is 117 Å². The van der Waals surface area contributed by atoms with E-state index in [0.717, 1.165) is 0 Å². The van der Waals surface area contributed by atoms with Crippen molar-refractivity contribution < 1.29 is 111 Å². The molecule has 0 N–H and O–H groups in total. The molecule has 6 rings (SSSR count). The van der Waals surface area contributed by atoms with Crippen LogP contribution in [0.5, 0.6) is 0 Å². The zero-order chi connectivity index (χ0) is 51.2. The van der Waals surface area contributed by atoms with E-state index in [1.807, 2.05) is 0 Å². The molecule has 0 unspecified atom stereocenters. The molecule has 4 aromatic rings. The molecule has 0 bridgehead atoms. The summed E-state index contributed by atoms with van der Waals surface area (Å²) in [6.07, 6.45) is 0. The van der Waals surface area contributed by atoms with Gasteiger partial charge in [0.15, 0.2) is 0 Å². The van der Waals surface area contributed by atoms with Gasteiger partial charge in [-0.2, -0.15) is 0 Å². The zero-order valence-electron chi connectivity index (χ0n) is 49.3. The van der Waals surface area contributed by atoms with Gasteiger partial charge in [0.05, 0.1) is 0 Å². The molecule has 6 nitrogen and oxygen atoms in total. The van der Waals surface area contributed by atoms with Crippen LogP contribution in [0, 0.1) is 0 Å². The Morgan fingerprint density at radius 3 is 0.529 bits per heavy atom. The molecule has 372 valence electrons. The molecule has 70 heavy (non-hydrogen) atoms. The maximum absolute atomic E-state index is 7.28. The van der Waals surface area contributed by atoms with Gasteiger partial charge >= 0.3 is 103 Å². The third-order valence-corrected chi connectivity index (χ3v) is 38.4. The van der Waals surface area contributed by atoms with E-state index in [9.17, 15) is 0 Å². The Morgan fingerprint density at radius 2 is 0.414 bits per heavy atom. The molecular weight excluding hydrogens is 1010 g/mol. The first kappa shape index (κ1) is 65.5. The fourth-order valence-electron chi connectivity index (χ4n) is 10.7. The summed E-state index contributed by atoms with van der Waals surface area (Å²) in [7, 11) is -8.50. The van der Waals surface area contributed by atoms with Crippen LogP contribution in [0.25, 0.3) is 0 Å². The number of nitrogens with zero attached hydrogens (tertiary/aromatic N) is 4. The predicted molar refractivity (Wildman–Crippen MR) is 312 cm³/mol. The van der Waals surface area contributed by atoms with Gasteiger partial charge in [0.2, 0.25) is 33.9 Å². The molecule has 4 radical (unpaired) electrons. The van der Waals surface area contributed by atoms with E-state index in [-0.39, 0.29) is 134 Å². The van der Waals surface area contributed by atoms with E-state index in [1.54, 1.807) is 0 Å². The number of hydrogen-bond acceptors (Lipinski definition) is 6. The van der Waals surface area contributed by atoms with Gasteiger partial charge in [-0.1, -0.05) is 184 Å². The van der Waals surface area contributed by atoms with E-state index in [1.165, 1.54) is 67.3 Å². The third-order valence-electron chi connectivity index (χ3n) is 14.1. The van der Waals surface area contributed by atoms with E-state index >= 15 is 0 Å². The first-order valence-corrected chi connectivity index (χ1v) is 39.6. The number of para-hydroxylation sites is 4. The van der Waals surface area contributed by atoms with Crippen LogP contribution in [0.2, 0.25) is 52.4 Å². The molecule has 0 aromatic heterocycles. The largest absolute Gasteiger partial charge is 1.00 e. The van der Waals surface area contributed by atoms with Gasteiger partial charge in [0.1, 0.15) is 0 Å². The Morgan fingerprint density at radius 1 is 0.286 bits per heavy atom. The first-order chi connectivity index (χ1) is 31.4. The third kappa shape index (κ3) is 14.5. The monoisotopic (exact) mass is 1100 g/mol. The summed E-state index contributed by atoms with van der Waals surface area (Å²) < 4.78 is 25.7. The quantitative estimate of drug-likeness (QED) is 0.131. The molecule has 0 saturated carbocycles. The van der Waals surface area contributed by atoms with Crippen molar-refractivity contribution in [3.8, 4) is 0 Å². The summed E-state index contributed by atoms with van der Waals surface area (Å²) in [4.78, 5) is 0. The van der Waals surface area contributed by atoms with Crippen molar-refractivity contribution in [3.63, 3.8) is 0 Å². The Balaban J connectivity index is 0.000000360. The maximum Gasteiger partial charge on any atom is 1.00 e. The summed E-state index contributed by atoms with van der Waals surface area (Å²) in [5.74, 6) is 3.83. The van der Waals surface area contributed by atoms with Crippen molar-refractivity contribution in [2.45, 2.75) is 210 Å². The van der Waals surface area contributed by atoms with E-state index < -0.39 is 33.9 Å². The summed E-state index contributed by atoms with van der Waals surface area (Å²) in [5, 5.41) is 0. The van der Waals surface area contributed by atoms with Crippen molar-refractivity contribution in [3.05, 3.63) is 117 Å². The molecule has 14 heteroatoms. The van der Waals surface area contributed by atoms with Gasteiger partial charge in [-0.05, 0) is 167 Å². The number of rotatable bonds is 12. The van der Waals surface area contributed by atoms with Crippen LogP contribution in [-0.4, -0.2) is 65.2 Å². The Bertz CT molecular complexity index is 1950. The fourth-order valence-corrected chi connectivity index (χ4v) is 35.8.